The fourth-order valence-electron chi connectivity index (χ4n) is 1.05. The number of rotatable bonds is 5. The summed E-state index contributed by atoms with van der Waals surface area (Å²) in [6.45, 7) is 2.11. The van der Waals surface area contributed by atoms with Gasteiger partial charge >= 0.3 is 0 Å². The highest BCUT2D eigenvalue weighted by Crippen LogP contribution is 2.13. The van der Waals surface area contributed by atoms with Crippen molar-refractivity contribution in [3.8, 4) is 0 Å². The molecule has 0 atom stereocenters. The predicted molar refractivity (Wildman–Crippen MR) is 63.4 cm³/mol. The van der Waals surface area contributed by atoms with Crippen LogP contribution in [0.5, 0.6) is 0 Å². The van der Waals surface area contributed by atoms with Gasteiger partial charge in [0.05, 0.1) is 5.75 Å². The number of ketones is 1. The maximum Gasteiger partial charge on any atom is 0.172 e. The van der Waals surface area contributed by atoms with Crippen molar-refractivity contribution in [2.45, 2.75) is 13.3 Å². The summed E-state index contributed by atoms with van der Waals surface area (Å²) < 4.78 is 0. The summed E-state index contributed by atoms with van der Waals surface area (Å²) in [5.74, 6) is 1.74. The minimum Gasteiger partial charge on any atom is -0.293 e. The number of hydrogen-bond acceptors (Lipinski definition) is 2. The number of Topliss-reactive ketones (excluding diaryl/α,β-unsaturated/α-hetero) is 1. The number of carbonyl (C=O) groups excluding carboxylic acids is 1. The van der Waals surface area contributed by atoms with Crippen molar-refractivity contribution in [2.75, 3.05) is 11.5 Å². The van der Waals surface area contributed by atoms with E-state index in [1.807, 2.05) is 0 Å². The number of hydrogen-bond donors (Lipinski definition) is 0. The van der Waals surface area contributed by atoms with Gasteiger partial charge in [-0.1, -0.05) is 30.7 Å². The number of halogens is 1. The molecule has 76 valence electrons. The molecule has 0 saturated heterocycles. The molecule has 14 heavy (non-hydrogen) atoms. The third-order valence-electron chi connectivity index (χ3n) is 1.73. The van der Waals surface area contributed by atoms with Gasteiger partial charge in [-0.2, -0.15) is 11.8 Å². The molecular weight excluding hydrogens is 216 g/mol. The lowest BCUT2D eigenvalue weighted by Gasteiger charge is -2.00. The van der Waals surface area contributed by atoms with Crippen LogP contribution < -0.4 is 0 Å². The van der Waals surface area contributed by atoms with E-state index in [0.29, 0.717) is 16.3 Å². The minimum atomic E-state index is 0.158. The van der Waals surface area contributed by atoms with Crippen LogP contribution in [0.15, 0.2) is 24.3 Å². The van der Waals surface area contributed by atoms with Gasteiger partial charge < -0.3 is 0 Å². The van der Waals surface area contributed by atoms with Crippen molar-refractivity contribution < 1.29 is 4.79 Å². The van der Waals surface area contributed by atoms with Gasteiger partial charge in [0.2, 0.25) is 0 Å². The molecule has 0 saturated carbocycles. The zero-order chi connectivity index (χ0) is 10.4. The van der Waals surface area contributed by atoms with Gasteiger partial charge in [-0.05, 0) is 24.3 Å². The zero-order valence-corrected chi connectivity index (χ0v) is 9.70. The molecule has 0 spiro atoms. The standard InChI is InChI=1S/C11H13ClOS/c1-2-6-14-8-11(13)9-4-3-5-10(12)7-9/h3-5,7H,2,6,8H2,1H3. The van der Waals surface area contributed by atoms with Crippen LogP contribution in [0.1, 0.15) is 23.7 Å². The molecule has 0 heterocycles. The molecule has 0 aliphatic heterocycles. The Morgan fingerprint density at radius 3 is 2.93 bits per heavy atom. The lowest BCUT2D eigenvalue weighted by molar-refractivity contribution is 0.102. The second-order valence-corrected chi connectivity index (χ2v) is 4.53. The highest BCUT2D eigenvalue weighted by Gasteiger charge is 2.05. The number of thioether (sulfide) groups is 1. The van der Waals surface area contributed by atoms with Gasteiger partial charge in [-0.25, -0.2) is 0 Å². The van der Waals surface area contributed by atoms with Gasteiger partial charge in [0.15, 0.2) is 5.78 Å². The first-order valence-corrected chi connectivity index (χ1v) is 6.14. The Kier molecular flexibility index (Phi) is 5.05. The van der Waals surface area contributed by atoms with Crippen LogP contribution in [-0.4, -0.2) is 17.3 Å². The Morgan fingerprint density at radius 2 is 2.29 bits per heavy atom. The van der Waals surface area contributed by atoms with E-state index in [1.165, 1.54) is 0 Å². The maximum absolute atomic E-state index is 11.6. The summed E-state index contributed by atoms with van der Waals surface area (Å²) >= 11 is 7.46. The molecule has 0 radical (unpaired) electrons. The van der Waals surface area contributed by atoms with E-state index < -0.39 is 0 Å². The molecule has 0 aliphatic carbocycles. The third kappa shape index (κ3) is 3.72. The number of benzene rings is 1. The summed E-state index contributed by atoms with van der Waals surface area (Å²) in [7, 11) is 0. The smallest absolute Gasteiger partial charge is 0.172 e. The summed E-state index contributed by atoms with van der Waals surface area (Å²) in [4.78, 5) is 11.6. The topological polar surface area (TPSA) is 17.1 Å². The van der Waals surface area contributed by atoms with Gasteiger partial charge in [0.25, 0.3) is 0 Å². The Bertz CT molecular complexity index is 312. The molecule has 0 N–H and O–H groups in total. The van der Waals surface area contributed by atoms with Crippen LogP contribution >= 0.6 is 23.4 Å². The molecule has 3 heteroatoms. The fraction of sp³-hybridized carbons (Fsp3) is 0.364. The van der Waals surface area contributed by atoms with E-state index in [9.17, 15) is 4.79 Å². The number of carbonyl (C=O) groups is 1. The molecule has 0 aromatic heterocycles. The van der Waals surface area contributed by atoms with Crippen LogP contribution in [0.25, 0.3) is 0 Å². The Morgan fingerprint density at radius 1 is 1.50 bits per heavy atom. The normalized spacial score (nSPS) is 10.1. The average Bonchev–Trinajstić information content (AvgIpc) is 2.18. The molecular formula is C11H13ClOS. The summed E-state index contributed by atoms with van der Waals surface area (Å²) in [5, 5.41) is 0.622. The monoisotopic (exact) mass is 228 g/mol. The second-order valence-electron chi connectivity index (χ2n) is 2.99. The van der Waals surface area contributed by atoms with Crippen LogP contribution in [-0.2, 0) is 0 Å². The molecule has 1 aromatic rings. The second kappa shape index (κ2) is 6.10. The summed E-state index contributed by atoms with van der Waals surface area (Å²) in [6, 6.07) is 7.11. The van der Waals surface area contributed by atoms with E-state index in [1.54, 1.807) is 36.0 Å². The SMILES string of the molecule is CCCSCC(=O)c1cccc(Cl)c1. The predicted octanol–water partition coefficient (Wildman–Crippen LogP) is 3.67. The van der Waals surface area contributed by atoms with Crippen LogP contribution in [0, 0.1) is 0 Å². The minimum absolute atomic E-state index is 0.158. The van der Waals surface area contributed by atoms with Crippen molar-refractivity contribution in [1.29, 1.82) is 0 Å². The largest absolute Gasteiger partial charge is 0.293 e. The first kappa shape index (κ1) is 11.6. The zero-order valence-electron chi connectivity index (χ0n) is 8.13. The van der Waals surface area contributed by atoms with Crippen LogP contribution in [0.4, 0.5) is 0 Å². The van der Waals surface area contributed by atoms with Gasteiger partial charge in [0, 0.05) is 10.6 Å². The Hall–Kier alpha value is -0.470. The van der Waals surface area contributed by atoms with Crippen LogP contribution in [0.3, 0.4) is 0 Å². The fourth-order valence-corrected chi connectivity index (χ4v) is 2.03. The Balaban J connectivity index is 2.52. The van der Waals surface area contributed by atoms with Crippen LogP contribution in [0.2, 0.25) is 5.02 Å². The van der Waals surface area contributed by atoms with E-state index in [2.05, 4.69) is 6.92 Å². The van der Waals surface area contributed by atoms with Gasteiger partial charge in [-0.15, -0.1) is 0 Å². The summed E-state index contributed by atoms with van der Waals surface area (Å²) in [6.07, 6.45) is 1.10. The van der Waals surface area contributed by atoms with Crippen molar-refractivity contribution >= 4 is 29.1 Å². The lowest BCUT2D eigenvalue weighted by atomic mass is 10.1. The van der Waals surface area contributed by atoms with Gasteiger partial charge in [0.1, 0.15) is 0 Å². The van der Waals surface area contributed by atoms with E-state index in [4.69, 9.17) is 11.6 Å². The molecule has 1 nitrogen and oxygen atoms in total. The molecule has 0 bridgehead atoms. The Labute approximate surface area is 93.8 Å². The lowest BCUT2D eigenvalue weighted by Crippen LogP contribution is -2.02. The van der Waals surface area contributed by atoms with E-state index >= 15 is 0 Å². The highest BCUT2D eigenvalue weighted by molar-refractivity contribution is 7.99. The van der Waals surface area contributed by atoms with Crippen molar-refractivity contribution in [3.05, 3.63) is 34.9 Å². The first-order chi connectivity index (χ1) is 6.74. The molecule has 0 unspecified atom stereocenters. The van der Waals surface area contributed by atoms with Crippen molar-refractivity contribution in [3.63, 3.8) is 0 Å². The molecule has 1 rings (SSSR count). The quantitative estimate of drug-likeness (QED) is 0.565. The molecule has 0 amide bonds. The molecule has 0 fully saturated rings. The first-order valence-electron chi connectivity index (χ1n) is 4.60. The van der Waals surface area contributed by atoms with E-state index in [-0.39, 0.29) is 5.78 Å². The average molecular weight is 229 g/mol. The van der Waals surface area contributed by atoms with Crippen molar-refractivity contribution in [2.24, 2.45) is 0 Å². The van der Waals surface area contributed by atoms with Gasteiger partial charge in [-0.3, -0.25) is 4.79 Å². The summed E-state index contributed by atoms with van der Waals surface area (Å²) in [5.41, 5.74) is 0.709. The third-order valence-corrected chi connectivity index (χ3v) is 3.13. The maximum atomic E-state index is 11.6. The van der Waals surface area contributed by atoms with Crippen molar-refractivity contribution in [1.82, 2.24) is 0 Å². The highest BCUT2D eigenvalue weighted by atomic mass is 35.5. The molecule has 0 aliphatic rings. The van der Waals surface area contributed by atoms with E-state index in [0.717, 1.165) is 12.2 Å². The molecule has 1 aromatic carbocycles.